The highest BCUT2D eigenvalue weighted by Crippen LogP contribution is 2.04. The molecule has 1 rings (SSSR count). The lowest BCUT2D eigenvalue weighted by Gasteiger charge is -2.06. The molecule has 0 aliphatic carbocycles. The predicted molar refractivity (Wildman–Crippen MR) is 60.9 cm³/mol. The van der Waals surface area contributed by atoms with Crippen LogP contribution in [0, 0.1) is 0 Å². The topological polar surface area (TPSA) is 81.0 Å². The molecule has 0 saturated carbocycles. The van der Waals surface area contributed by atoms with Crippen LogP contribution in [0.25, 0.3) is 0 Å². The molecule has 0 radical (unpaired) electrons. The van der Waals surface area contributed by atoms with E-state index in [9.17, 15) is 4.79 Å². The minimum atomic E-state index is -0.621. The smallest absolute Gasteiger partial charge is 0.323 e. The standard InChI is InChI=1S/C11H19N3O2/c1-3-4-5-10-13-7-8(14-10)6-9(12)11(15)16-2/h7,9H,3-6,12H2,1-2H3,(H,13,14). The normalized spacial score (nSPS) is 12.4. The van der Waals surface area contributed by atoms with E-state index in [1.807, 2.05) is 0 Å². The average molecular weight is 225 g/mol. The molecular formula is C11H19N3O2. The number of aromatic nitrogens is 2. The minimum absolute atomic E-state index is 0.398. The zero-order valence-corrected chi connectivity index (χ0v) is 9.82. The summed E-state index contributed by atoms with van der Waals surface area (Å²) < 4.78 is 4.56. The van der Waals surface area contributed by atoms with Gasteiger partial charge < -0.3 is 15.5 Å². The molecular weight excluding hydrogens is 206 g/mol. The van der Waals surface area contributed by atoms with Crippen LogP contribution < -0.4 is 5.73 Å². The first-order chi connectivity index (χ1) is 7.67. The van der Waals surface area contributed by atoms with Gasteiger partial charge in [-0.05, 0) is 6.42 Å². The third-order valence-corrected chi connectivity index (χ3v) is 2.39. The molecule has 0 spiro atoms. The van der Waals surface area contributed by atoms with Gasteiger partial charge in [-0.1, -0.05) is 13.3 Å². The molecule has 0 aliphatic rings. The molecule has 5 nitrogen and oxygen atoms in total. The van der Waals surface area contributed by atoms with Crippen molar-refractivity contribution >= 4 is 5.97 Å². The number of rotatable bonds is 6. The van der Waals surface area contributed by atoms with Crippen LogP contribution in [0.2, 0.25) is 0 Å². The van der Waals surface area contributed by atoms with Crippen molar-refractivity contribution in [1.29, 1.82) is 0 Å². The Morgan fingerprint density at radius 1 is 1.69 bits per heavy atom. The summed E-state index contributed by atoms with van der Waals surface area (Å²) in [7, 11) is 1.34. The lowest BCUT2D eigenvalue weighted by Crippen LogP contribution is -2.33. The van der Waals surface area contributed by atoms with E-state index in [0.717, 1.165) is 30.8 Å². The molecule has 16 heavy (non-hydrogen) atoms. The number of ether oxygens (including phenoxy) is 1. The number of nitrogens with one attached hydrogen (secondary N) is 1. The first kappa shape index (κ1) is 12.7. The molecule has 1 heterocycles. The number of esters is 1. The Balaban J connectivity index is 2.48. The van der Waals surface area contributed by atoms with Gasteiger partial charge in [0.1, 0.15) is 11.9 Å². The maximum Gasteiger partial charge on any atom is 0.323 e. The van der Waals surface area contributed by atoms with Gasteiger partial charge in [-0.15, -0.1) is 0 Å². The Morgan fingerprint density at radius 3 is 3.06 bits per heavy atom. The minimum Gasteiger partial charge on any atom is -0.468 e. The van der Waals surface area contributed by atoms with Gasteiger partial charge in [0.15, 0.2) is 0 Å². The van der Waals surface area contributed by atoms with E-state index in [1.165, 1.54) is 7.11 Å². The molecule has 1 aromatic heterocycles. The highest BCUT2D eigenvalue weighted by atomic mass is 16.5. The quantitative estimate of drug-likeness (QED) is 0.701. The fraction of sp³-hybridized carbons (Fsp3) is 0.636. The molecule has 0 aliphatic heterocycles. The first-order valence-electron chi connectivity index (χ1n) is 5.53. The van der Waals surface area contributed by atoms with Crippen LogP contribution in [0.1, 0.15) is 31.3 Å². The number of hydrogen-bond donors (Lipinski definition) is 2. The highest BCUT2D eigenvalue weighted by molar-refractivity contribution is 5.75. The second-order valence-corrected chi connectivity index (χ2v) is 3.79. The van der Waals surface area contributed by atoms with E-state index in [-0.39, 0.29) is 0 Å². The summed E-state index contributed by atoms with van der Waals surface area (Å²) in [5, 5.41) is 0. The largest absolute Gasteiger partial charge is 0.468 e. The monoisotopic (exact) mass is 225 g/mol. The molecule has 0 fully saturated rings. The van der Waals surface area contributed by atoms with Gasteiger partial charge in [0.2, 0.25) is 0 Å². The van der Waals surface area contributed by atoms with Crippen molar-refractivity contribution in [3.8, 4) is 0 Å². The van der Waals surface area contributed by atoms with E-state index in [0.29, 0.717) is 6.42 Å². The van der Waals surface area contributed by atoms with Gasteiger partial charge in [0.25, 0.3) is 0 Å². The van der Waals surface area contributed by atoms with Crippen molar-refractivity contribution < 1.29 is 9.53 Å². The second kappa shape index (κ2) is 6.27. The summed E-state index contributed by atoms with van der Waals surface area (Å²) in [5.41, 5.74) is 6.53. The van der Waals surface area contributed by atoms with Crippen LogP contribution in [0.5, 0.6) is 0 Å². The van der Waals surface area contributed by atoms with Crippen LogP contribution in [-0.4, -0.2) is 29.1 Å². The van der Waals surface area contributed by atoms with Crippen molar-refractivity contribution in [2.45, 2.75) is 38.6 Å². The second-order valence-electron chi connectivity index (χ2n) is 3.79. The summed E-state index contributed by atoms with van der Waals surface area (Å²) in [6.07, 6.45) is 5.34. The number of aryl methyl sites for hydroxylation is 1. The maximum atomic E-state index is 11.1. The number of carbonyl (C=O) groups excluding carboxylic acids is 1. The average Bonchev–Trinajstić information content (AvgIpc) is 2.72. The number of H-pyrrole nitrogens is 1. The molecule has 0 bridgehead atoms. The molecule has 1 unspecified atom stereocenters. The van der Waals surface area contributed by atoms with Gasteiger partial charge in [0.05, 0.1) is 7.11 Å². The number of hydrogen-bond acceptors (Lipinski definition) is 4. The van der Waals surface area contributed by atoms with Crippen LogP contribution in [0.15, 0.2) is 6.20 Å². The van der Waals surface area contributed by atoms with Crippen molar-refractivity contribution in [3.05, 3.63) is 17.7 Å². The van der Waals surface area contributed by atoms with Crippen molar-refractivity contribution in [2.24, 2.45) is 5.73 Å². The van der Waals surface area contributed by atoms with E-state index in [2.05, 4.69) is 21.6 Å². The van der Waals surface area contributed by atoms with Crippen molar-refractivity contribution in [3.63, 3.8) is 0 Å². The third kappa shape index (κ3) is 3.66. The van der Waals surface area contributed by atoms with Gasteiger partial charge in [-0.2, -0.15) is 0 Å². The molecule has 3 N–H and O–H groups in total. The Hall–Kier alpha value is -1.36. The van der Waals surface area contributed by atoms with E-state index in [1.54, 1.807) is 6.20 Å². The molecule has 0 aromatic carbocycles. The summed E-state index contributed by atoms with van der Waals surface area (Å²) in [6.45, 7) is 2.14. The molecule has 0 amide bonds. The lowest BCUT2D eigenvalue weighted by atomic mass is 10.2. The number of nitrogens with zero attached hydrogens (tertiary/aromatic N) is 1. The SMILES string of the molecule is CCCCc1ncc(CC(N)C(=O)OC)[nH]1. The molecule has 0 saturated heterocycles. The van der Waals surface area contributed by atoms with Crippen LogP contribution in [0.4, 0.5) is 0 Å². The van der Waals surface area contributed by atoms with E-state index in [4.69, 9.17) is 5.73 Å². The Morgan fingerprint density at radius 2 is 2.44 bits per heavy atom. The maximum absolute atomic E-state index is 11.1. The fourth-order valence-corrected chi connectivity index (χ4v) is 1.45. The van der Waals surface area contributed by atoms with Crippen molar-refractivity contribution in [1.82, 2.24) is 9.97 Å². The third-order valence-electron chi connectivity index (χ3n) is 2.39. The van der Waals surface area contributed by atoms with Gasteiger partial charge in [-0.25, -0.2) is 4.98 Å². The fourth-order valence-electron chi connectivity index (χ4n) is 1.45. The van der Waals surface area contributed by atoms with E-state index >= 15 is 0 Å². The van der Waals surface area contributed by atoms with Crippen molar-refractivity contribution in [2.75, 3.05) is 7.11 Å². The Kier molecular flexibility index (Phi) is 4.98. The number of imidazole rings is 1. The van der Waals surface area contributed by atoms with Crippen LogP contribution in [0.3, 0.4) is 0 Å². The summed E-state index contributed by atoms with van der Waals surface area (Å²) in [6, 6.07) is -0.621. The Bertz CT molecular complexity index is 336. The summed E-state index contributed by atoms with van der Waals surface area (Å²) in [5.74, 6) is 0.554. The lowest BCUT2D eigenvalue weighted by molar-refractivity contribution is -0.142. The molecule has 5 heteroatoms. The molecule has 1 atom stereocenters. The Labute approximate surface area is 95.4 Å². The van der Waals surface area contributed by atoms with Crippen LogP contribution >= 0.6 is 0 Å². The number of nitrogens with two attached hydrogens (primary N) is 1. The molecule has 1 aromatic rings. The number of carbonyl (C=O) groups is 1. The zero-order chi connectivity index (χ0) is 12.0. The van der Waals surface area contributed by atoms with E-state index < -0.39 is 12.0 Å². The zero-order valence-electron chi connectivity index (χ0n) is 9.82. The number of aromatic amines is 1. The molecule has 90 valence electrons. The summed E-state index contributed by atoms with van der Waals surface area (Å²) >= 11 is 0. The van der Waals surface area contributed by atoms with Gasteiger partial charge in [-0.3, -0.25) is 4.79 Å². The predicted octanol–water partition coefficient (Wildman–Crippen LogP) is 0.795. The number of unbranched alkanes of at least 4 members (excludes halogenated alkanes) is 1. The number of methoxy groups -OCH3 is 1. The highest BCUT2D eigenvalue weighted by Gasteiger charge is 2.15. The van der Waals surface area contributed by atoms with Crippen LogP contribution in [-0.2, 0) is 22.4 Å². The first-order valence-corrected chi connectivity index (χ1v) is 5.53. The van der Waals surface area contributed by atoms with Gasteiger partial charge in [0, 0.05) is 24.7 Å². The summed E-state index contributed by atoms with van der Waals surface area (Å²) in [4.78, 5) is 18.5. The van der Waals surface area contributed by atoms with Gasteiger partial charge >= 0.3 is 5.97 Å².